The van der Waals surface area contributed by atoms with E-state index < -0.39 is 0 Å². The molecule has 0 saturated carbocycles. The normalized spacial score (nSPS) is 20.2. The van der Waals surface area contributed by atoms with E-state index in [0.717, 1.165) is 28.6 Å². The first-order valence-electron chi connectivity index (χ1n) is 11.4. The highest BCUT2D eigenvalue weighted by molar-refractivity contribution is 7.22. The van der Waals surface area contributed by atoms with Crippen LogP contribution in [-0.2, 0) is 14.3 Å². The van der Waals surface area contributed by atoms with Crippen LogP contribution in [0.4, 0.5) is 5.13 Å². The molecule has 8 nitrogen and oxygen atoms in total. The molecule has 3 heterocycles. The summed E-state index contributed by atoms with van der Waals surface area (Å²) in [6.45, 7) is 1.19. The lowest BCUT2D eigenvalue weighted by atomic mass is 9.98. The molecular formula is C25H27N3O5S. The predicted octanol–water partition coefficient (Wildman–Crippen LogP) is 3.80. The van der Waals surface area contributed by atoms with Crippen LogP contribution < -0.4 is 14.4 Å². The fourth-order valence-corrected chi connectivity index (χ4v) is 5.29. The van der Waals surface area contributed by atoms with Crippen molar-refractivity contribution in [2.45, 2.75) is 31.5 Å². The number of benzene rings is 2. The molecule has 0 bridgehead atoms. The second kappa shape index (κ2) is 9.60. The van der Waals surface area contributed by atoms with Crippen LogP contribution >= 0.6 is 11.3 Å². The number of carbonyl (C=O) groups is 2. The van der Waals surface area contributed by atoms with E-state index in [1.165, 1.54) is 16.2 Å². The minimum absolute atomic E-state index is 0.0224. The van der Waals surface area contributed by atoms with Crippen LogP contribution in [-0.4, -0.2) is 61.8 Å². The molecule has 2 aliphatic heterocycles. The van der Waals surface area contributed by atoms with Gasteiger partial charge in [0.25, 0.3) is 0 Å². The van der Waals surface area contributed by atoms with Gasteiger partial charge in [0, 0.05) is 32.4 Å². The first-order valence-corrected chi connectivity index (χ1v) is 12.2. The second-order valence-corrected chi connectivity index (χ2v) is 9.57. The van der Waals surface area contributed by atoms with Gasteiger partial charge in [0.05, 0.1) is 23.9 Å². The topological polar surface area (TPSA) is 81.2 Å². The van der Waals surface area contributed by atoms with Gasteiger partial charge in [-0.15, -0.1) is 0 Å². The van der Waals surface area contributed by atoms with Crippen LogP contribution in [0.2, 0.25) is 0 Å². The number of para-hydroxylation sites is 1. The Kier molecular flexibility index (Phi) is 6.38. The maximum atomic E-state index is 12.9. The lowest BCUT2D eigenvalue weighted by Gasteiger charge is -2.21. The third-order valence-corrected chi connectivity index (χ3v) is 7.40. The highest BCUT2D eigenvalue weighted by Gasteiger charge is 2.33. The first kappa shape index (κ1) is 22.6. The van der Waals surface area contributed by atoms with E-state index in [2.05, 4.69) is 4.98 Å². The van der Waals surface area contributed by atoms with Gasteiger partial charge in [-0.2, -0.15) is 0 Å². The number of thiazole rings is 1. The van der Waals surface area contributed by atoms with Gasteiger partial charge in [-0.1, -0.05) is 29.5 Å². The summed E-state index contributed by atoms with van der Waals surface area (Å²) >= 11 is 1.46. The number of likely N-dealkylation sites (N-methyl/N-ethyl adjacent to an activating group) is 1. The molecule has 2 aliphatic rings. The summed E-state index contributed by atoms with van der Waals surface area (Å²) in [5.74, 6) is 1.03. The van der Waals surface area contributed by atoms with E-state index >= 15 is 0 Å². The molecule has 5 rings (SSSR count). The number of methoxy groups -OCH3 is 1. The lowest BCUT2D eigenvalue weighted by Crippen LogP contribution is -2.39. The zero-order chi connectivity index (χ0) is 23.7. The van der Waals surface area contributed by atoms with Gasteiger partial charge < -0.3 is 19.1 Å². The number of carbonyl (C=O) groups excluding carboxylic acids is 2. The molecule has 0 N–H and O–H groups in total. The third-order valence-electron chi connectivity index (χ3n) is 6.29. The quantitative estimate of drug-likeness (QED) is 0.511. The Morgan fingerprint density at radius 2 is 2.12 bits per heavy atom. The van der Waals surface area contributed by atoms with Crippen LogP contribution in [0.25, 0.3) is 10.2 Å². The smallest absolute Gasteiger partial charge is 0.248 e. The van der Waals surface area contributed by atoms with Gasteiger partial charge >= 0.3 is 0 Å². The van der Waals surface area contributed by atoms with Crippen molar-refractivity contribution in [3.05, 3.63) is 48.0 Å². The summed E-state index contributed by atoms with van der Waals surface area (Å²) < 4.78 is 18.1. The molecule has 2 fully saturated rings. The number of anilines is 1. The zero-order valence-electron chi connectivity index (χ0n) is 19.2. The molecule has 0 spiro atoms. The van der Waals surface area contributed by atoms with Crippen molar-refractivity contribution >= 4 is 38.5 Å². The molecule has 1 unspecified atom stereocenters. The summed E-state index contributed by atoms with van der Waals surface area (Å²) in [7, 11) is 3.31. The van der Waals surface area contributed by atoms with Crippen molar-refractivity contribution in [2.24, 2.45) is 0 Å². The van der Waals surface area contributed by atoms with E-state index in [9.17, 15) is 9.59 Å². The summed E-state index contributed by atoms with van der Waals surface area (Å²) in [4.78, 5) is 33.4. The number of aromatic nitrogens is 1. The number of fused-ring (bicyclic) bond motifs is 1. The number of ether oxygens (including phenoxy) is 3. The fraction of sp³-hybridized carbons (Fsp3) is 0.400. The molecule has 34 heavy (non-hydrogen) atoms. The van der Waals surface area contributed by atoms with Crippen LogP contribution in [0.5, 0.6) is 11.5 Å². The molecule has 2 atom stereocenters. The fourth-order valence-electron chi connectivity index (χ4n) is 4.35. The number of amides is 2. The molecule has 178 valence electrons. The molecule has 0 aliphatic carbocycles. The molecule has 2 aromatic carbocycles. The van der Waals surface area contributed by atoms with Crippen molar-refractivity contribution in [1.29, 1.82) is 0 Å². The van der Waals surface area contributed by atoms with Gasteiger partial charge in [0.15, 0.2) is 22.9 Å². The maximum Gasteiger partial charge on any atom is 0.248 e. The van der Waals surface area contributed by atoms with Crippen molar-refractivity contribution in [2.75, 3.05) is 38.8 Å². The van der Waals surface area contributed by atoms with Crippen molar-refractivity contribution in [3.63, 3.8) is 0 Å². The lowest BCUT2D eigenvalue weighted by molar-refractivity contribution is -0.132. The number of nitrogens with zero attached hydrogens (tertiary/aromatic N) is 3. The zero-order valence-corrected chi connectivity index (χ0v) is 20.0. The monoisotopic (exact) mass is 481 g/mol. The molecule has 3 aromatic rings. The van der Waals surface area contributed by atoms with Gasteiger partial charge in [-0.3, -0.25) is 14.5 Å². The minimum atomic E-state index is -0.276. The largest absolute Gasteiger partial charge is 0.493 e. The standard InChI is InChI=1S/C25H27N3O5S/c1-27(25-26-18-6-3-4-7-21(18)34-25)23(30)15-28-14-17(13-22(28)29)16-9-10-19(31-2)20(12-16)33-24-8-5-11-32-24/h3-4,6-7,9-10,12,17,24H,5,8,11,13-15H2,1-2H3/t17-,24?/m1/s1. The van der Waals surface area contributed by atoms with Gasteiger partial charge in [0.1, 0.15) is 6.54 Å². The average molecular weight is 482 g/mol. The molecule has 2 saturated heterocycles. The summed E-state index contributed by atoms with van der Waals surface area (Å²) in [5, 5.41) is 0.625. The SMILES string of the molecule is COc1ccc([C@@H]2CC(=O)N(CC(=O)N(C)c3nc4ccccc4s3)C2)cc1OC1CCCO1. The van der Waals surface area contributed by atoms with Crippen molar-refractivity contribution in [1.82, 2.24) is 9.88 Å². The Labute approximate surface area is 202 Å². The molecule has 0 radical (unpaired) electrons. The van der Waals surface area contributed by atoms with E-state index in [1.807, 2.05) is 42.5 Å². The third kappa shape index (κ3) is 4.58. The number of rotatable bonds is 7. The number of hydrogen-bond donors (Lipinski definition) is 0. The summed E-state index contributed by atoms with van der Waals surface area (Å²) in [6, 6.07) is 13.5. The van der Waals surface area contributed by atoms with Crippen LogP contribution in [0.3, 0.4) is 0 Å². The van der Waals surface area contributed by atoms with E-state index in [1.54, 1.807) is 19.1 Å². The van der Waals surface area contributed by atoms with Gasteiger partial charge in [0.2, 0.25) is 11.8 Å². The van der Waals surface area contributed by atoms with Crippen LogP contribution in [0.1, 0.15) is 30.7 Å². The van der Waals surface area contributed by atoms with E-state index in [-0.39, 0.29) is 30.6 Å². The predicted molar refractivity (Wildman–Crippen MR) is 130 cm³/mol. The average Bonchev–Trinajstić information content (AvgIpc) is 3.59. The Bertz CT molecular complexity index is 1170. The number of likely N-dealkylation sites (tertiary alicyclic amines) is 1. The Morgan fingerprint density at radius 3 is 2.88 bits per heavy atom. The van der Waals surface area contributed by atoms with Crippen molar-refractivity contribution in [3.8, 4) is 11.5 Å². The summed E-state index contributed by atoms with van der Waals surface area (Å²) in [5.41, 5.74) is 1.84. The van der Waals surface area contributed by atoms with Crippen LogP contribution in [0, 0.1) is 0 Å². The minimum Gasteiger partial charge on any atom is -0.493 e. The Hall–Kier alpha value is -3.17. The van der Waals surface area contributed by atoms with Gasteiger partial charge in [-0.25, -0.2) is 4.98 Å². The highest BCUT2D eigenvalue weighted by atomic mass is 32.1. The maximum absolute atomic E-state index is 12.9. The van der Waals surface area contributed by atoms with E-state index in [0.29, 0.717) is 36.2 Å². The second-order valence-electron chi connectivity index (χ2n) is 8.56. The number of hydrogen-bond acceptors (Lipinski definition) is 7. The Morgan fingerprint density at radius 1 is 1.26 bits per heavy atom. The van der Waals surface area contributed by atoms with Gasteiger partial charge in [-0.05, 0) is 36.2 Å². The molecule has 9 heteroatoms. The van der Waals surface area contributed by atoms with Crippen LogP contribution in [0.15, 0.2) is 42.5 Å². The first-order chi connectivity index (χ1) is 16.5. The molecule has 1 aromatic heterocycles. The summed E-state index contributed by atoms with van der Waals surface area (Å²) in [6.07, 6.45) is 1.89. The van der Waals surface area contributed by atoms with Crippen molar-refractivity contribution < 1.29 is 23.8 Å². The molecule has 2 amide bonds. The van der Waals surface area contributed by atoms with E-state index in [4.69, 9.17) is 14.2 Å². The molecular weight excluding hydrogens is 454 g/mol. The Balaban J connectivity index is 1.26. The highest BCUT2D eigenvalue weighted by Crippen LogP contribution is 2.36.